The first-order valence-electron chi connectivity index (χ1n) is 9.65. The van der Waals surface area contributed by atoms with Gasteiger partial charge in [0.1, 0.15) is 23.3 Å². The summed E-state index contributed by atoms with van der Waals surface area (Å²) in [5.41, 5.74) is 1.88. The van der Waals surface area contributed by atoms with Gasteiger partial charge in [0.25, 0.3) is 0 Å². The summed E-state index contributed by atoms with van der Waals surface area (Å²) in [5, 5.41) is 25.5. The van der Waals surface area contributed by atoms with Gasteiger partial charge in [0.05, 0.1) is 5.69 Å². The van der Waals surface area contributed by atoms with Crippen LogP contribution in [0.2, 0.25) is 0 Å². The van der Waals surface area contributed by atoms with Crippen LogP contribution in [0, 0.1) is 23.0 Å². The van der Waals surface area contributed by atoms with E-state index >= 15 is 4.39 Å². The highest BCUT2D eigenvalue weighted by Gasteiger charge is 2.26. The first kappa shape index (κ1) is 19.6. The molecule has 0 saturated heterocycles. The van der Waals surface area contributed by atoms with E-state index in [1.807, 2.05) is 19.1 Å². The van der Waals surface area contributed by atoms with Crippen LogP contribution in [-0.4, -0.2) is 22.2 Å². The third-order valence-corrected chi connectivity index (χ3v) is 5.08. The van der Waals surface area contributed by atoms with Crippen LogP contribution in [-0.2, 0) is 0 Å². The van der Waals surface area contributed by atoms with E-state index in [9.17, 15) is 9.65 Å². The lowest BCUT2D eigenvalue weighted by Crippen LogP contribution is -2.13. The number of anilines is 4. The Bertz CT molecular complexity index is 1100. The van der Waals surface area contributed by atoms with Crippen LogP contribution >= 0.6 is 0 Å². The van der Waals surface area contributed by atoms with E-state index in [1.54, 1.807) is 12.1 Å². The van der Waals surface area contributed by atoms with E-state index in [0.29, 0.717) is 11.7 Å². The van der Waals surface area contributed by atoms with Gasteiger partial charge in [0.15, 0.2) is 17.5 Å². The summed E-state index contributed by atoms with van der Waals surface area (Å²) in [5.74, 6) is 0.0738. The molecule has 0 radical (unpaired) electrons. The summed E-state index contributed by atoms with van der Waals surface area (Å²) < 4.78 is 28.2. The van der Waals surface area contributed by atoms with Crippen LogP contribution in [0.4, 0.5) is 31.9 Å². The molecule has 0 spiro atoms. The lowest BCUT2D eigenvalue weighted by Gasteiger charge is -2.19. The number of hydrogen-bond donors (Lipinski definition) is 4. The van der Waals surface area contributed by atoms with Gasteiger partial charge in [-0.2, -0.15) is 10.4 Å². The van der Waals surface area contributed by atoms with Crippen molar-refractivity contribution in [3.8, 4) is 6.07 Å². The third-order valence-electron chi connectivity index (χ3n) is 5.08. The maximum Gasteiger partial charge on any atom is 0.190 e. The molecule has 154 valence electrons. The normalized spacial score (nSPS) is 14.1. The fourth-order valence-corrected chi connectivity index (χ4v) is 3.26. The van der Waals surface area contributed by atoms with Gasteiger partial charge in [-0.05, 0) is 37.5 Å². The third kappa shape index (κ3) is 3.89. The number of hydrogen-bond acceptors (Lipinski definition) is 6. The number of pyridine rings is 1. The van der Waals surface area contributed by atoms with Crippen molar-refractivity contribution in [2.75, 3.05) is 23.0 Å². The Morgan fingerprint density at radius 3 is 2.57 bits per heavy atom. The molecule has 4 N–H and O–H groups in total. The first-order valence-corrected chi connectivity index (χ1v) is 9.65. The molecule has 1 unspecified atom stereocenters. The van der Waals surface area contributed by atoms with E-state index in [0.717, 1.165) is 24.1 Å². The molecular weight excluding hydrogens is 388 g/mol. The maximum atomic E-state index is 15.0. The van der Waals surface area contributed by atoms with E-state index in [2.05, 4.69) is 31.1 Å². The summed E-state index contributed by atoms with van der Waals surface area (Å²) in [7, 11) is 1.54. The van der Waals surface area contributed by atoms with E-state index in [4.69, 9.17) is 0 Å². The minimum absolute atomic E-state index is 0.0294. The molecule has 2 aromatic heterocycles. The van der Waals surface area contributed by atoms with Crippen molar-refractivity contribution in [3.05, 3.63) is 58.8 Å². The number of nitrogens with zero attached hydrogens (tertiary/aromatic N) is 3. The van der Waals surface area contributed by atoms with Gasteiger partial charge in [-0.1, -0.05) is 12.1 Å². The highest BCUT2D eigenvalue weighted by Crippen LogP contribution is 2.40. The second kappa shape index (κ2) is 7.99. The molecular formula is C21H21F2N7. The predicted octanol–water partition coefficient (Wildman–Crippen LogP) is 4.79. The Hall–Kier alpha value is -3.67. The zero-order valence-corrected chi connectivity index (χ0v) is 16.6. The Morgan fingerprint density at radius 2 is 1.93 bits per heavy atom. The lowest BCUT2D eigenvalue weighted by molar-refractivity contribution is 0.626. The standard InChI is InChI=1S/C21H21F2N7/c1-11(12-5-7-14(22)8-6-12)26-20-15(10-24)19(25-2)18(23)21(28-20)27-17-9-16(29-30-17)13-3-4-13/h5-9,11,13H,3-4H2,1-2H3,(H4,25,26,27,28,29,30). The molecule has 1 aliphatic carbocycles. The minimum atomic E-state index is -0.676. The fourth-order valence-electron chi connectivity index (χ4n) is 3.26. The number of halogens is 2. The van der Waals surface area contributed by atoms with Gasteiger partial charge in [0, 0.05) is 30.8 Å². The van der Waals surface area contributed by atoms with Crippen molar-refractivity contribution in [1.29, 1.82) is 5.26 Å². The van der Waals surface area contributed by atoms with Crippen LogP contribution in [0.5, 0.6) is 0 Å². The van der Waals surface area contributed by atoms with Crippen molar-refractivity contribution in [2.24, 2.45) is 0 Å². The zero-order chi connectivity index (χ0) is 21.3. The first-order chi connectivity index (χ1) is 14.5. The summed E-state index contributed by atoms with van der Waals surface area (Å²) in [6.07, 6.45) is 2.23. The van der Waals surface area contributed by atoms with Crippen molar-refractivity contribution >= 4 is 23.1 Å². The highest BCUT2D eigenvalue weighted by molar-refractivity contribution is 5.74. The van der Waals surface area contributed by atoms with Gasteiger partial charge in [-0.3, -0.25) is 5.10 Å². The number of rotatable bonds is 7. The average Bonchev–Trinajstić information content (AvgIpc) is 3.49. The quantitative estimate of drug-likeness (QED) is 0.448. The Morgan fingerprint density at radius 1 is 1.20 bits per heavy atom. The molecule has 4 rings (SSSR count). The fraction of sp³-hybridized carbons (Fsp3) is 0.286. The smallest absolute Gasteiger partial charge is 0.190 e. The molecule has 7 nitrogen and oxygen atoms in total. The largest absolute Gasteiger partial charge is 0.384 e. The van der Waals surface area contributed by atoms with Crippen molar-refractivity contribution in [3.63, 3.8) is 0 Å². The maximum absolute atomic E-state index is 15.0. The summed E-state index contributed by atoms with van der Waals surface area (Å²) in [6.45, 7) is 1.85. The van der Waals surface area contributed by atoms with Crippen LogP contribution in [0.15, 0.2) is 30.3 Å². The molecule has 1 aliphatic rings. The van der Waals surface area contributed by atoms with Gasteiger partial charge in [-0.15, -0.1) is 0 Å². The Balaban J connectivity index is 1.66. The summed E-state index contributed by atoms with van der Waals surface area (Å²) in [6, 6.07) is 9.55. The molecule has 3 aromatic rings. The number of benzene rings is 1. The van der Waals surface area contributed by atoms with Crippen molar-refractivity contribution < 1.29 is 8.78 Å². The number of aromatic amines is 1. The predicted molar refractivity (Wildman–Crippen MR) is 111 cm³/mol. The van der Waals surface area contributed by atoms with Crippen LogP contribution in [0.3, 0.4) is 0 Å². The second-order valence-corrected chi connectivity index (χ2v) is 7.26. The second-order valence-electron chi connectivity index (χ2n) is 7.26. The summed E-state index contributed by atoms with van der Waals surface area (Å²) >= 11 is 0. The van der Waals surface area contributed by atoms with E-state index < -0.39 is 5.82 Å². The van der Waals surface area contributed by atoms with Gasteiger partial charge in [0.2, 0.25) is 0 Å². The molecule has 1 aromatic carbocycles. The van der Waals surface area contributed by atoms with Crippen molar-refractivity contribution in [1.82, 2.24) is 15.2 Å². The minimum Gasteiger partial charge on any atom is -0.384 e. The molecule has 1 saturated carbocycles. The lowest BCUT2D eigenvalue weighted by atomic mass is 10.1. The summed E-state index contributed by atoms with van der Waals surface area (Å²) in [4.78, 5) is 4.31. The van der Waals surface area contributed by atoms with Crippen molar-refractivity contribution in [2.45, 2.75) is 31.7 Å². The molecule has 30 heavy (non-hydrogen) atoms. The Kier molecular flexibility index (Phi) is 5.23. The Labute approximate surface area is 172 Å². The number of aromatic nitrogens is 3. The number of nitrogens with one attached hydrogen (secondary N) is 4. The van der Waals surface area contributed by atoms with Crippen LogP contribution in [0.1, 0.15) is 48.5 Å². The molecule has 0 aliphatic heterocycles. The molecule has 2 heterocycles. The van der Waals surface area contributed by atoms with Crippen LogP contribution < -0.4 is 16.0 Å². The van der Waals surface area contributed by atoms with E-state index in [-0.39, 0.29) is 34.7 Å². The van der Waals surface area contributed by atoms with E-state index in [1.165, 1.54) is 19.2 Å². The molecule has 1 atom stereocenters. The highest BCUT2D eigenvalue weighted by atomic mass is 19.1. The average molecular weight is 409 g/mol. The zero-order valence-electron chi connectivity index (χ0n) is 16.6. The van der Waals surface area contributed by atoms with Gasteiger partial charge < -0.3 is 16.0 Å². The van der Waals surface area contributed by atoms with Gasteiger partial charge in [-0.25, -0.2) is 13.8 Å². The molecule has 9 heteroatoms. The van der Waals surface area contributed by atoms with Crippen LogP contribution in [0.25, 0.3) is 0 Å². The molecule has 0 bridgehead atoms. The monoisotopic (exact) mass is 409 g/mol. The van der Waals surface area contributed by atoms with Gasteiger partial charge >= 0.3 is 0 Å². The SMILES string of the molecule is CNc1c(F)c(Nc2cc(C3CC3)[nH]n2)nc(NC(C)c2ccc(F)cc2)c1C#N. The molecule has 1 fully saturated rings. The molecule has 0 amide bonds. The number of H-pyrrole nitrogens is 1. The number of nitriles is 1. The topological polar surface area (TPSA) is 101 Å².